The van der Waals surface area contributed by atoms with Gasteiger partial charge in [-0.1, -0.05) is 12.9 Å². The smallest absolute Gasteiger partial charge is 0.338 e. The second-order valence-electron chi connectivity index (χ2n) is 5.61. The van der Waals surface area contributed by atoms with Crippen molar-refractivity contribution in [1.29, 1.82) is 0 Å². The van der Waals surface area contributed by atoms with Crippen molar-refractivity contribution >= 4 is 18.3 Å². The van der Waals surface area contributed by atoms with Gasteiger partial charge in [0.1, 0.15) is 11.5 Å². The molecule has 0 unspecified atom stereocenters. The number of ether oxygens (including phenoxy) is 2. The van der Waals surface area contributed by atoms with Gasteiger partial charge in [-0.3, -0.25) is 0 Å². The SMILES string of the molecule is CCOC(=O)c1ccc(Oc2ccc3c(c2)COB3C)cc1C. The molecule has 1 aliphatic rings. The van der Waals surface area contributed by atoms with Gasteiger partial charge in [0.25, 0.3) is 0 Å². The number of rotatable bonds is 4. The maximum atomic E-state index is 11.8. The zero-order valence-corrected chi connectivity index (χ0v) is 13.6. The molecule has 0 spiro atoms. The van der Waals surface area contributed by atoms with Gasteiger partial charge in [0.2, 0.25) is 0 Å². The van der Waals surface area contributed by atoms with E-state index in [-0.39, 0.29) is 12.9 Å². The Morgan fingerprint density at radius 3 is 2.70 bits per heavy atom. The first-order chi connectivity index (χ1) is 11.1. The van der Waals surface area contributed by atoms with Gasteiger partial charge >= 0.3 is 12.9 Å². The molecule has 4 nitrogen and oxygen atoms in total. The van der Waals surface area contributed by atoms with Gasteiger partial charge < -0.3 is 14.1 Å². The molecule has 0 saturated heterocycles. The Morgan fingerprint density at radius 1 is 1.22 bits per heavy atom. The van der Waals surface area contributed by atoms with Gasteiger partial charge in [-0.05, 0) is 60.8 Å². The molecule has 0 saturated carbocycles. The predicted molar refractivity (Wildman–Crippen MR) is 89.7 cm³/mol. The largest absolute Gasteiger partial charge is 0.462 e. The lowest BCUT2D eigenvalue weighted by molar-refractivity contribution is 0.0525. The third kappa shape index (κ3) is 3.25. The normalized spacial score (nSPS) is 12.9. The zero-order chi connectivity index (χ0) is 16.4. The average Bonchev–Trinajstić information content (AvgIpc) is 2.88. The highest BCUT2D eigenvalue weighted by Crippen LogP contribution is 2.26. The van der Waals surface area contributed by atoms with Gasteiger partial charge in [-0.15, -0.1) is 0 Å². The summed E-state index contributed by atoms with van der Waals surface area (Å²) in [6.07, 6.45) is 0. The summed E-state index contributed by atoms with van der Waals surface area (Å²) in [7, 11) is 0. The fraction of sp³-hybridized carbons (Fsp3) is 0.278. The minimum Gasteiger partial charge on any atom is -0.462 e. The zero-order valence-electron chi connectivity index (χ0n) is 13.6. The number of benzene rings is 2. The van der Waals surface area contributed by atoms with E-state index in [1.807, 2.05) is 38.0 Å². The summed E-state index contributed by atoms with van der Waals surface area (Å²) in [4.78, 5) is 11.8. The molecule has 0 aliphatic carbocycles. The Balaban J connectivity index is 1.78. The lowest BCUT2D eigenvalue weighted by Crippen LogP contribution is -2.23. The summed E-state index contributed by atoms with van der Waals surface area (Å²) < 4.78 is 16.5. The van der Waals surface area contributed by atoms with E-state index >= 15 is 0 Å². The minimum atomic E-state index is -0.305. The summed E-state index contributed by atoms with van der Waals surface area (Å²) in [6.45, 7) is 6.84. The molecule has 0 bridgehead atoms. The second kappa shape index (κ2) is 6.46. The second-order valence-corrected chi connectivity index (χ2v) is 5.61. The summed E-state index contributed by atoms with van der Waals surface area (Å²) in [5.41, 5.74) is 3.77. The van der Waals surface area contributed by atoms with E-state index in [1.165, 1.54) is 5.46 Å². The first-order valence-electron chi connectivity index (χ1n) is 7.78. The number of carbonyl (C=O) groups is 1. The molecule has 0 N–H and O–H groups in total. The van der Waals surface area contributed by atoms with Crippen molar-refractivity contribution in [2.24, 2.45) is 0 Å². The highest BCUT2D eigenvalue weighted by atomic mass is 16.5. The van der Waals surface area contributed by atoms with Crippen LogP contribution in [-0.4, -0.2) is 19.5 Å². The van der Waals surface area contributed by atoms with Crippen molar-refractivity contribution < 1.29 is 18.9 Å². The van der Waals surface area contributed by atoms with Crippen molar-refractivity contribution in [3.05, 3.63) is 53.1 Å². The van der Waals surface area contributed by atoms with Crippen molar-refractivity contribution in [3.63, 3.8) is 0 Å². The molecule has 1 heterocycles. The molecule has 3 rings (SSSR count). The van der Waals surface area contributed by atoms with Gasteiger partial charge in [-0.25, -0.2) is 4.79 Å². The monoisotopic (exact) mass is 310 g/mol. The van der Waals surface area contributed by atoms with Crippen LogP contribution in [0.3, 0.4) is 0 Å². The Morgan fingerprint density at radius 2 is 1.96 bits per heavy atom. The van der Waals surface area contributed by atoms with E-state index in [0.29, 0.717) is 24.5 Å². The molecule has 1 aliphatic heterocycles. The highest BCUT2D eigenvalue weighted by molar-refractivity contribution is 6.67. The van der Waals surface area contributed by atoms with Gasteiger partial charge in [-0.2, -0.15) is 0 Å². The maximum Gasteiger partial charge on any atom is 0.338 e. The summed E-state index contributed by atoms with van der Waals surface area (Å²) in [6, 6.07) is 11.4. The Labute approximate surface area is 136 Å². The lowest BCUT2D eigenvalue weighted by Gasteiger charge is -2.10. The highest BCUT2D eigenvalue weighted by Gasteiger charge is 2.23. The fourth-order valence-electron chi connectivity index (χ4n) is 2.75. The first-order valence-corrected chi connectivity index (χ1v) is 7.78. The molecule has 23 heavy (non-hydrogen) atoms. The van der Waals surface area contributed by atoms with Crippen LogP contribution in [0.25, 0.3) is 0 Å². The van der Waals surface area contributed by atoms with E-state index in [4.69, 9.17) is 14.1 Å². The predicted octanol–water partition coefficient (Wildman–Crippen LogP) is 3.32. The lowest BCUT2D eigenvalue weighted by atomic mass is 9.64. The molecule has 0 fully saturated rings. The summed E-state index contributed by atoms with van der Waals surface area (Å²) >= 11 is 0. The third-order valence-electron chi connectivity index (χ3n) is 3.97. The number of carbonyl (C=O) groups excluding carboxylic acids is 1. The van der Waals surface area contributed by atoms with Crippen LogP contribution >= 0.6 is 0 Å². The number of fused-ring (bicyclic) bond motifs is 1. The topological polar surface area (TPSA) is 44.8 Å². The van der Waals surface area contributed by atoms with Crippen LogP contribution in [0, 0.1) is 6.92 Å². The molecule has 5 heteroatoms. The Kier molecular flexibility index (Phi) is 4.39. The van der Waals surface area contributed by atoms with Crippen molar-refractivity contribution in [2.75, 3.05) is 6.61 Å². The van der Waals surface area contributed by atoms with Crippen LogP contribution in [-0.2, 0) is 16.0 Å². The molecule has 0 aromatic heterocycles. The standard InChI is InChI=1S/C18H19BO4/c1-4-21-18(20)16-7-5-14(9-12(16)2)23-15-6-8-17-13(10-15)11-22-19(17)3/h5-10H,4,11H2,1-3H3. The van der Waals surface area contributed by atoms with E-state index in [2.05, 4.69) is 0 Å². The molecular formula is C18H19BO4. The molecular weight excluding hydrogens is 291 g/mol. The van der Waals surface area contributed by atoms with Crippen molar-refractivity contribution in [1.82, 2.24) is 0 Å². The van der Waals surface area contributed by atoms with Crippen LogP contribution in [0.2, 0.25) is 6.82 Å². The van der Waals surface area contributed by atoms with Gasteiger partial charge in [0.15, 0.2) is 0 Å². The van der Waals surface area contributed by atoms with Gasteiger partial charge in [0, 0.05) is 0 Å². The average molecular weight is 310 g/mol. The first kappa shape index (κ1) is 15.6. The van der Waals surface area contributed by atoms with Crippen LogP contribution in [0.15, 0.2) is 36.4 Å². The summed E-state index contributed by atoms with van der Waals surface area (Å²) in [5.74, 6) is 1.16. The minimum absolute atomic E-state index is 0.144. The molecule has 118 valence electrons. The Bertz CT molecular complexity index is 742. The number of esters is 1. The van der Waals surface area contributed by atoms with Crippen molar-refractivity contribution in [3.8, 4) is 11.5 Å². The molecule has 0 atom stereocenters. The van der Waals surface area contributed by atoms with Crippen LogP contribution in [0.1, 0.15) is 28.4 Å². The van der Waals surface area contributed by atoms with E-state index in [9.17, 15) is 4.79 Å². The number of hydrogen-bond acceptors (Lipinski definition) is 4. The number of aryl methyl sites for hydroxylation is 1. The molecule has 0 amide bonds. The van der Waals surface area contributed by atoms with Crippen LogP contribution in [0.4, 0.5) is 0 Å². The molecule has 0 radical (unpaired) electrons. The quantitative estimate of drug-likeness (QED) is 0.642. The van der Waals surface area contributed by atoms with E-state index in [0.717, 1.165) is 16.9 Å². The molecule has 2 aromatic carbocycles. The maximum absolute atomic E-state index is 11.8. The molecule has 2 aromatic rings. The van der Waals surface area contributed by atoms with Crippen molar-refractivity contribution in [2.45, 2.75) is 27.3 Å². The third-order valence-corrected chi connectivity index (χ3v) is 3.97. The van der Waals surface area contributed by atoms with Gasteiger partial charge in [0.05, 0.1) is 18.8 Å². The summed E-state index contributed by atoms with van der Waals surface area (Å²) in [5, 5.41) is 0. The number of hydrogen-bond donors (Lipinski definition) is 0. The van der Waals surface area contributed by atoms with E-state index < -0.39 is 0 Å². The fourth-order valence-corrected chi connectivity index (χ4v) is 2.75. The Hall–Kier alpha value is -2.27. The van der Waals surface area contributed by atoms with E-state index in [1.54, 1.807) is 19.1 Å². The van der Waals surface area contributed by atoms with Crippen LogP contribution in [0.5, 0.6) is 11.5 Å². The van der Waals surface area contributed by atoms with Crippen LogP contribution < -0.4 is 10.2 Å².